The number of nitrogens with zero attached hydrogens (tertiary/aromatic N) is 1. The molecule has 0 fully saturated rings. The number of thioether (sulfide) groups is 1. The van der Waals surface area contributed by atoms with Crippen molar-refractivity contribution in [3.05, 3.63) is 66.2 Å². The van der Waals surface area contributed by atoms with E-state index in [1.165, 1.54) is 10.5 Å². The van der Waals surface area contributed by atoms with Crippen LogP contribution in [0.1, 0.15) is 18.4 Å². The Labute approximate surface area is 131 Å². The van der Waals surface area contributed by atoms with Gasteiger partial charge >= 0.3 is 0 Å². The number of amides is 1. The summed E-state index contributed by atoms with van der Waals surface area (Å²) in [4.78, 5) is 15.1. The number of carbonyl (C=O) groups excluding carboxylic acids is 1. The molecule has 2 aromatic rings. The lowest BCUT2D eigenvalue weighted by Gasteiger charge is -2.17. The maximum atomic E-state index is 12.1. The molecule has 2 nitrogen and oxygen atoms in total. The summed E-state index contributed by atoms with van der Waals surface area (Å²) < 4.78 is 0. The summed E-state index contributed by atoms with van der Waals surface area (Å²) in [6, 6.07) is 20.4. The van der Waals surface area contributed by atoms with Crippen molar-refractivity contribution in [3.63, 3.8) is 0 Å². The SMILES string of the molecule is CN(Cc1ccccc1)C(=O)CCCSc1ccccc1. The van der Waals surface area contributed by atoms with Crippen molar-refractivity contribution in [2.75, 3.05) is 12.8 Å². The van der Waals surface area contributed by atoms with Gasteiger partial charge in [0.15, 0.2) is 0 Å². The molecule has 2 aromatic carbocycles. The molecule has 0 aliphatic rings. The summed E-state index contributed by atoms with van der Waals surface area (Å²) >= 11 is 1.81. The third-order valence-corrected chi connectivity index (χ3v) is 4.33. The van der Waals surface area contributed by atoms with Gasteiger partial charge in [-0.25, -0.2) is 0 Å². The normalized spacial score (nSPS) is 10.3. The molecule has 0 aliphatic heterocycles. The minimum atomic E-state index is 0.215. The minimum Gasteiger partial charge on any atom is -0.341 e. The number of rotatable bonds is 7. The van der Waals surface area contributed by atoms with Crippen molar-refractivity contribution in [3.8, 4) is 0 Å². The van der Waals surface area contributed by atoms with Crippen LogP contribution in [-0.2, 0) is 11.3 Å². The van der Waals surface area contributed by atoms with E-state index in [9.17, 15) is 4.79 Å². The molecule has 1 amide bonds. The minimum absolute atomic E-state index is 0.215. The van der Waals surface area contributed by atoms with Gasteiger partial charge in [0.2, 0.25) is 5.91 Å². The maximum absolute atomic E-state index is 12.1. The number of hydrogen-bond acceptors (Lipinski definition) is 2. The molecule has 0 radical (unpaired) electrons. The van der Waals surface area contributed by atoms with Crippen LogP contribution in [0.3, 0.4) is 0 Å². The Morgan fingerprint density at radius 2 is 1.62 bits per heavy atom. The van der Waals surface area contributed by atoms with E-state index >= 15 is 0 Å². The fourth-order valence-electron chi connectivity index (χ4n) is 2.07. The van der Waals surface area contributed by atoms with Crippen LogP contribution in [0.2, 0.25) is 0 Å². The van der Waals surface area contributed by atoms with E-state index in [4.69, 9.17) is 0 Å². The topological polar surface area (TPSA) is 20.3 Å². The zero-order valence-corrected chi connectivity index (χ0v) is 13.2. The first-order chi connectivity index (χ1) is 10.3. The van der Waals surface area contributed by atoms with Crippen LogP contribution in [-0.4, -0.2) is 23.6 Å². The molecule has 21 heavy (non-hydrogen) atoms. The highest BCUT2D eigenvalue weighted by atomic mass is 32.2. The first-order valence-corrected chi connectivity index (χ1v) is 8.20. The lowest BCUT2D eigenvalue weighted by Crippen LogP contribution is -2.25. The molecule has 0 unspecified atom stereocenters. The summed E-state index contributed by atoms with van der Waals surface area (Å²) in [5.74, 6) is 1.20. The molecule has 0 atom stereocenters. The molecule has 3 heteroatoms. The second-order valence-electron chi connectivity index (χ2n) is 5.00. The van der Waals surface area contributed by atoms with Gasteiger partial charge in [-0.05, 0) is 29.9 Å². The third-order valence-electron chi connectivity index (χ3n) is 3.24. The van der Waals surface area contributed by atoms with Gasteiger partial charge in [-0.15, -0.1) is 11.8 Å². The van der Waals surface area contributed by atoms with Gasteiger partial charge in [0.1, 0.15) is 0 Å². The van der Waals surface area contributed by atoms with Crippen molar-refractivity contribution in [2.45, 2.75) is 24.3 Å². The van der Waals surface area contributed by atoms with Crippen LogP contribution in [0, 0.1) is 0 Å². The van der Waals surface area contributed by atoms with E-state index in [0.717, 1.165) is 12.2 Å². The highest BCUT2D eigenvalue weighted by molar-refractivity contribution is 7.99. The Bertz CT molecular complexity index is 542. The summed E-state index contributed by atoms with van der Waals surface area (Å²) in [5.41, 5.74) is 1.17. The van der Waals surface area contributed by atoms with E-state index in [2.05, 4.69) is 24.3 Å². The summed E-state index contributed by atoms with van der Waals surface area (Å²) in [5, 5.41) is 0. The fourth-order valence-corrected chi connectivity index (χ4v) is 2.94. The van der Waals surface area contributed by atoms with Crippen LogP contribution < -0.4 is 0 Å². The smallest absolute Gasteiger partial charge is 0.222 e. The van der Waals surface area contributed by atoms with Crippen LogP contribution in [0.25, 0.3) is 0 Å². The molecule has 0 aromatic heterocycles. The molecule has 0 N–H and O–H groups in total. The Morgan fingerprint density at radius 1 is 1.00 bits per heavy atom. The first kappa shape index (κ1) is 15.6. The van der Waals surface area contributed by atoms with E-state index < -0.39 is 0 Å². The van der Waals surface area contributed by atoms with Crippen LogP contribution in [0.5, 0.6) is 0 Å². The average Bonchev–Trinajstić information content (AvgIpc) is 2.53. The van der Waals surface area contributed by atoms with Gasteiger partial charge in [-0.3, -0.25) is 4.79 Å². The summed E-state index contributed by atoms with van der Waals surface area (Å²) in [6.45, 7) is 0.686. The molecular weight excluding hydrogens is 278 g/mol. The van der Waals surface area contributed by atoms with Gasteiger partial charge in [0.05, 0.1) is 0 Å². The van der Waals surface area contributed by atoms with E-state index in [-0.39, 0.29) is 5.91 Å². The van der Waals surface area contributed by atoms with Crippen molar-refractivity contribution >= 4 is 17.7 Å². The van der Waals surface area contributed by atoms with Gasteiger partial charge in [-0.1, -0.05) is 48.5 Å². The monoisotopic (exact) mass is 299 g/mol. The molecule has 0 saturated heterocycles. The van der Waals surface area contributed by atoms with E-state index in [1.807, 2.05) is 60.1 Å². The highest BCUT2D eigenvalue weighted by Crippen LogP contribution is 2.18. The maximum Gasteiger partial charge on any atom is 0.222 e. The number of hydrogen-bond donors (Lipinski definition) is 0. The third kappa shape index (κ3) is 5.64. The largest absolute Gasteiger partial charge is 0.341 e. The molecular formula is C18H21NOS. The summed E-state index contributed by atoms with van der Waals surface area (Å²) in [6.07, 6.45) is 1.53. The average molecular weight is 299 g/mol. The number of benzene rings is 2. The molecule has 0 aliphatic carbocycles. The predicted octanol–water partition coefficient (Wildman–Crippen LogP) is 4.22. The standard InChI is InChI=1S/C18H21NOS/c1-19(15-16-9-4-2-5-10-16)18(20)13-8-14-21-17-11-6-3-7-12-17/h2-7,9-12H,8,13-15H2,1H3. The Morgan fingerprint density at radius 3 is 2.29 bits per heavy atom. The predicted molar refractivity (Wildman–Crippen MR) is 89.3 cm³/mol. The lowest BCUT2D eigenvalue weighted by atomic mass is 10.2. The van der Waals surface area contributed by atoms with Gasteiger partial charge in [0.25, 0.3) is 0 Å². The zero-order valence-electron chi connectivity index (χ0n) is 12.4. The molecule has 110 valence electrons. The van der Waals surface area contributed by atoms with E-state index in [0.29, 0.717) is 13.0 Å². The van der Waals surface area contributed by atoms with Crippen LogP contribution in [0.4, 0.5) is 0 Å². The Kier molecular flexibility index (Phi) is 6.35. The first-order valence-electron chi connectivity index (χ1n) is 7.21. The molecule has 2 rings (SSSR count). The lowest BCUT2D eigenvalue weighted by molar-refractivity contribution is -0.130. The number of carbonyl (C=O) groups is 1. The van der Waals surface area contributed by atoms with Gasteiger partial charge in [-0.2, -0.15) is 0 Å². The molecule has 0 saturated carbocycles. The van der Waals surface area contributed by atoms with Gasteiger partial charge < -0.3 is 4.90 Å². The second kappa shape index (κ2) is 8.53. The fraction of sp³-hybridized carbons (Fsp3) is 0.278. The second-order valence-corrected chi connectivity index (χ2v) is 6.17. The highest BCUT2D eigenvalue weighted by Gasteiger charge is 2.08. The van der Waals surface area contributed by atoms with Crippen LogP contribution in [0.15, 0.2) is 65.6 Å². The zero-order chi connectivity index (χ0) is 14.9. The quantitative estimate of drug-likeness (QED) is 0.563. The Hall–Kier alpha value is -1.74. The molecule has 0 spiro atoms. The molecule has 0 bridgehead atoms. The Balaban J connectivity index is 1.67. The summed E-state index contributed by atoms with van der Waals surface area (Å²) in [7, 11) is 1.87. The van der Waals surface area contributed by atoms with Crippen molar-refractivity contribution in [1.29, 1.82) is 0 Å². The van der Waals surface area contributed by atoms with Crippen molar-refractivity contribution in [2.24, 2.45) is 0 Å². The van der Waals surface area contributed by atoms with Crippen molar-refractivity contribution < 1.29 is 4.79 Å². The van der Waals surface area contributed by atoms with Gasteiger partial charge in [0, 0.05) is 24.9 Å². The van der Waals surface area contributed by atoms with E-state index in [1.54, 1.807) is 0 Å². The molecule has 0 heterocycles. The van der Waals surface area contributed by atoms with Crippen molar-refractivity contribution in [1.82, 2.24) is 4.90 Å². The van der Waals surface area contributed by atoms with Crippen LogP contribution >= 0.6 is 11.8 Å².